The minimum absolute atomic E-state index is 0.0321. The van der Waals surface area contributed by atoms with Gasteiger partial charge in [-0.15, -0.1) is 11.3 Å². The fraction of sp³-hybridized carbons (Fsp3) is 0.321. The van der Waals surface area contributed by atoms with Crippen molar-refractivity contribution in [2.24, 2.45) is 0 Å². The van der Waals surface area contributed by atoms with Crippen molar-refractivity contribution in [1.82, 2.24) is 29.7 Å². The summed E-state index contributed by atoms with van der Waals surface area (Å²) in [7, 11) is 1.62. The Balaban J connectivity index is 1.29. The van der Waals surface area contributed by atoms with Crippen LogP contribution in [0, 0.1) is 0 Å². The number of ether oxygens (including phenoxy) is 1. The van der Waals surface area contributed by atoms with Gasteiger partial charge in [-0.1, -0.05) is 18.2 Å². The van der Waals surface area contributed by atoms with E-state index in [4.69, 9.17) is 9.72 Å². The Morgan fingerprint density at radius 3 is 2.74 bits per heavy atom. The lowest BCUT2D eigenvalue weighted by Crippen LogP contribution is -2.56. The van der Waals surface area contributed by atoms with Crippen molar-refractivity contribution in [1.29, 1.82) is 0 Å². The molecule has 0 spiro atoms. The number of carbonyl (C=O) groups excluding carboxylic acids is 2. The molecular formula is C28H31N7O3S. The van der Waals surface area contributed by atoms with Crippen molar-refractivity contribution in [3.63, 3.8) is 0 Å². The second kappa shape index (κ2) is 12.5. The third-order valence-electron chi connectivity index (χ3n) is 6.70. The molecule has 0 saturated carbocycles. The molecule has 10 nitrogen and oxygen atoms in total. The second-order valence-electron chi connectivity index (χ2n) is 9.28. The van der Waals surface area contributed by atoms with Crippen LogP contribution in [0.2, 0.25) is 0 Å². The summed E-state index contributed by atoms with van der Waals surface area (Å²) >= 11 is 1.68. The van der Waals surface area contributed by atoms with Crippen LogP contribution >= 0.6 is 11.3 Å². The molecule has 1 fully saturated rings. The highest BCUT2D eigenvalue weighted by atomic mass is 32.1. The molecule has 11 heteroatoms. The number of anilines is 1. The van der Waals surface area contributed by atoms with Gasteiger partial charge in [-0.05, 0) is 41.6 Å². The maximum absolute atomic E-state index is 13.3. The highest BCUT2D eigenvalue weighted by Crippen LogP contribution is 2.22. The van der Waals surface area contributed by atoms with Crippen molar-refractivity contribution in [2.45, 2.75) is 25.3 Å². The molecule has 1 aliphatic rings. The van der Waals surface area contributed by atoms with E-state index >= 15 is 0 Å². The highest BCUT2D eigenvalue weighted by molar-refractivity contribution is 7.09. The van der Waals surface area contributed by atoms with Gasteiger partial charge in [-0.3, -0.25) is 14.2 Å². The van der Waals surface area contributed by atoms with Gasteiger partial charge in [-0.2, -0.15) is 4.98 Å². The summed E-state index contributed by atoms with van der Waals surface area (Å²) in [6.07, 6.45) is 8.15. The van der Waals surface area contributed by atoms with Crippen LogP contribution < -0.4 is 15.0 Å². The largest absolute Gasteiger partial charge is 0.497 e. The van der Waals surface area contributed by atoms with Gasteiger partial charge < -0.3 is 19.9 Å². The number of hydrogen-bond donors (Lipinski definition) is 1. The minimum atomic E-state index is -0.231. The van der Waals surface area contributed by atoms with Crippen molar-refractivity contribution < 1.29 is 14.3 Å². The van der Waals surface area contributed by atoms with Crippen molar-refractivity contribution in [3.8, 4) is 11.7 Å². The molecule has 1 aliphatic heterocycles. The number of imidazole rings is 1. The first-order valence-corrected chi connectivity index (χ1v) is 13.7. The quantitative estimate of drug-likeness (QED) is 0.327. The lowest BCUT2D eigenvalue weighted by molar-refractivity contribution is -0.132. The molecule has 0 radical (unpaired) electrons. The lowest BCUT2D eigenvalue weighted by atomic mass is 10.1. The normalized spacial score (nSPS) is 15.3. The zero-order valence-electron chi connectivity index (χ0n) is 21.8. The molecule has 3 aromatic heterocycles. The minimum Gasteiger partial charge on any atom is -0.497 e. The lowest BCUT2D eigenvalue weighted by Gasteiger charge is -2.42. The maximum Gasteiger partial charge on any atom is 0.236 e. The molecule has 2 amide bonds. The van der Waals surface area contributed by atoms with Crippen LogP contribution in [-0.4, -0.2) is 75.6 Å². The molecule has 1 unspecified atom stereocenters. The average Bonchev–Trinajstić information content (AvgIpc) is 3.69. The SMILES string of the molecule is COc1ccc(CC(=O)N2CCN(c3ccnc(-n4ccnc4)n3)C(CC(=O)NCCc3cccs3)C2)cc1. The Bertz CT molecular complexity index is 1360. The smallest absolute Gasteiger partial charge is 0.236 e. The molecule has 4 aromatic rings. The molecule has 0 aliphatic carbocycles. The summed E-state index contributed by atoms with van der Waals surface area (Å²) in [6.45, 7) is 2.10. The Morgan fingerprint density at radius 1 is 1.13 bits per heavy atom. The van der Waals surface area contributed by atoms with Gasteiger partial charge in [0.2, 0.25) is 17.8 Å². The van der Waals surface area contributed by atoms with E-state index in [9.17, 15) is 9.59 Å². The van der Waals surface area contributed by atoms with E-state index in [1.165, 1.54) is 4.88 Å². The molecular weight excluding hydrogens is 514 g/mol. The van der Waals surface area contributed by atoms with E-state index in [2.05, 4.69) is 26.3 Å². The van der Waals surface area contributed by atoms with Crippen LogP contribution in [0.5, 0.6) is 5.75 Å². The summed E-state index contributed by atoms with van der Waals surface area (Å²) in [5.74, 6) is 1.96. The molecule has 1 N–H and O–H groups in total. The van der Waals surface area contributed by atoms with Crippen molar-refractivity contribution in [2.75, 3.05) is 38.2 Å². The number of carbonyl (C=O) groups is 2. The third-order valence-corrected chi connectivity index (χ3v) is 7.64. The molecule has 1 saturated heterocycles. The van der Waals surface area contributed by atoms with Crippen LogP contribution in [0.25, 0.3) is 5.95 Å². The van der Waals surface area contributed by atoms with Gasteiger partial charge in [-0.25, -0.2) is 9.97 Å². The number of methoxy groups -OCH3 is 1. The van der Waals surface area contributed by atoms with Gasteiger partial charge in [0.05, 0.1) is 19.6 Å². The highest BCUT2D eigenvalue weighted by Gasteiger charge is 2.32. The zero-order chi connectivity index (χ0) is 27.0. The average molecular weight is 546 g/mol. The molecule has 1 atom stereocenters. The third kappa shape index (κ3) is 6.80. The predicted octanol–water partition coefficient (Wildman–Crippen LogP) is 2.74. The number of benzene rings is 1. The van der Waals surface area contributed by atoms with E-state index in [0.29, 0.717) is 44.4 Å². The number of hydrogen-bond acceptors (Lipinski definition) is 8. The van der Waals surface area contributed by atoms with E-state index in [-0.39, 0.29) is 24.3 Å². The monoisotopic (exact) mass is 545 g/mol. The summed E-state index contributed by atoms with van der Waals surface area (Å²) in [4.78, 5) is 44.6. The van der Waals surface area contributed by atoms with Crippen LogP contribution in [0.3, 0.4) is 0 Å². The number of aromatic nitrogens is 4. The van der Waals surface area contributed by atoms with Crippen LogP contribution in [0.4, 0.5) is 5.82 Å². The summed E-state index contributed by atoms with van der Waals surface area (Å²) in [5.41, 5.74) is 0.923. The summed E-state index contributed by atoms with van der Waals surface area (Å²) in [5, 5.41) is 5.09. The van der Waals surface area contributed by atoms with Crippen LogP contribution in [0.15, 0.2) is 72.8 Å². The molecule has 1 aromatic carbocycles. The molecule has 202 valence electrons. The number of piperazine rings is 1. The Hall–Kier alpha value is -4.25. The van der Waals surface area contributed by atoms with Crippen molar-refractivity contribution >= 4 is 29.0 Å². The Kier molecular flexibility index (Phi) is 8.47. The maximum atomic E-state index is 13.3. The second-order valence-corrected chi connectivity index (χ2v) is 10.3. The molecule has 39 heavy (non-hydrogen) atoms. The van der Waals surface area contributed by atoms with Gasteiger partial charge >= 0.3 is 0 Å². The fourth-order valence-corrected chi connectivity index (χ4v) is 5.36. The number of nitrogens with zero attached hydrogens (tertiary/aromatic N) is 6. The van der Waals surface area contributed by atoms with E-state index < -0.39 is 0 Å². The predicted molar refractivity (Wildman–Crippen MR) is 149 cm³/mol. The Morgan fingerprint density at radius 2 is 2.00 bits per heavy atom. The van der Waals surface area contributed by atoms with E-state index in [1.807, 2.05) is 46.7 Å². The van der Waals surface area contributed by atoms with E-state index in [1.54, 1.807) is 47.9 Å². The molecule has 4 heterocycles. The number of rotatable bonds is 10. The number of nitrogens with one attached hydrogen (secondary N) is 1. The zero-order valence-corrected chi connectivity index (χ0v) is 22.6. The van der Waals surface area contributed by atoms with Crippen LogP contribution in [0.1, 0.15) is 16.9 Å². The Labute approximate surface area is 231 Å². The number of thiophene rings is 1. The first kappa shape index (κ1) is 26.4. The van der Waals surface area contributed by atoms with Gasteiger partial charge in [0, 0.05) is 56.1 Å². The van der Waals surface area contributed by atoms with E-state index in [0.717, 1.165) is 17.7 Å². The van der Waals surface area contributed by atoms with Crippen LogP contribution in [-0.2, 0) is 22.4 Å². The molecule has 5 rings (SSSR count). The standard InChI is InChI=1S/C28H31N7O3S/c1-38-23-6-4-21(5-7-23)17-27(37)33-14-15-35(25-9-11-31-28(32-25)34-13-12-29-20-34)22(19-33)18-26(36)30-10-8-24-3-2-16-39-24/h2-7,9,11-13,16,20,22H,8,10,14-15,17-19H2,1H3,(H,30,36). The molecule has 0 bridgehead atoms. The number of amides is 2. The topological polar surface area (TPSA) is 105 Å². The van der Waals surface area contributed by atoms with Crippen molar-refractivity contribution in [3.05, 3.63) is 83.2 Å². The summed E-state index contributed by atoms with van der Waals surface area (Å²) < 4.78 is 6.96. The first-order chi connectivity index (χ1) is 19.1. The van der Waals surface area contributed by atoms with Gasteiger partial charge in [0.15, 0.2) is 0 Å². The van der Waals surface area contributed by atoms with Gasteiger partial charge in [0.1, 0.15) is 17.9 Å². The summed E-state index contributed by atoms with van der Waals surface area (Å²) in [6, 6.07) is 13.2. The fourth-order valence-electron chi connectivity index (χ4n) is 4.66. The first-order valence-electron chi connectivity index (χ1n) is 12.9. The van der Waals surface area contributed by atoms with Gasteiger partial charge in [0.25, 0.3) is 0 Å².